The van der Waals surface area contributed by atoms with Crippen LogP contribution in [0.4, 0.5) is 20.2 Å². The number of anilines is 2. The number of nitrogens with one attached hydrogen (secondary N) is 1. The summed E-state index contributed by atoms with van der Waals surface area (Å²) < 4.78 is 27.2. The maximum absolute atomic E-state index is 13.8. The molecule has 0 aromatic heterocycles. The molecule has 35 heavy (non-hydrogen) atoms. The molecule has 0 spiro atoms. The Morgan fingerprint density at radius 2 is 1.51 bits per heavy atom. The third kappa shape index (κ3) is 6.38. The summed E-state index contributed by atoms with van der Waals surface area (Å²) >= 11 is 0. The maximum Gasteiger partial charge on any atom is 0.258 e. The van der Waals surface area contributed by atoms with Gasteiger partial charge in [0.15, 0.2) is 0 Å². The average molecular weight is 471 g/mol. The zero-order valence-corrected chi connectivity index (χ0v) is 19.2. The molecular weight excluding hydrogens is 446 g/mol. The molecule has 0 radical (unpaired) electrons. The lowest BCUT2D eigenvalue weighted by atomic mass is 10.1. The first kappa shape index (κ1) is 23.8. The first-order chi connectivity index (χ1) is 16.9. The van der Waals surface area contributed by atoms with E-state index in [4.69, 9.17) is 0 Å². The quantitative estimate of drug-likeness (QED) is 0.345. The molecule has 0 aliphatic carbocycles. The molecule has 0 unspecified atom stereocenters. The van der Waals surface area contributed by atoms with Crippen LogP contribution in [-0.2, 0) is 17.8 Å². The number of benzene rings is 4. The van der Waals surface area contributed by atoms with Crippen LogP contribution in [-0.4, -0.2) is 11.8 Å². The van der Waals surface area contributed by atoms with E-state index >= 15 is 0 Å². The Hall–Kier alpha value is -4.32. The predicted molar refractivity (Wildman–Crippen MR) is 133 cm³/mol. The smallest absolute Gasteiger partial charge is 0.258 e. The predicted octanol–water partition coefficient (Wildman–Crippen LogP) is 6.30. The maximum atomic E-state index is 13.8. The highest BCUT2D eigenvalue weighted by Gasteiger charge is 2.20. The second kappa shape index (κ2) is 10.7. The van der Waals surface area contributed by atoms with E-state index in [9.17, 15) is 18.4 Å². The first-order valence-electron chi connectivity index (χ1n) is 11.1. The number of rotatable bonds is 7. The summed E-state index contributed by atoms with van der Waals surface area (Å²) in [4.78, 5) is 27.5. The van der Waals surface area contributed by atoms with E-state index < -0.39 is 11.7 Å². The number of aryl methyl sites for hydroxylation is 1. The molecule has 4 rings (SSSR count). The lowest BCUT2D eigenvalue weighted by molar-refractivity contribution is -0.115. The van der Waals surface area contributed by atoms with Crippen LogP contribution in [0.5, 0.6) is 0 Å². The Bertz CT molecular complexity index is 1350. The molecule has 0 bridgehead atoms. The monoisotopic (exact) mass is 470 g/mol. The summed E-state index contributed by atoms with van der Waals surface area (Å²) in [6.07, 6.45) is 0.111. The molecule has 1 N–H and O–H groups in total. The molecule has 0 saturated heterocycles. The van der Waals surface area contributed by atoms with E-state index in [2.05, 4.69) is 5.32 Å². The van der Waals surface area contributed by atoms with Crippen LogP contribution >= 0.6 is 0 Å². The van der Waals surface area contributed by atoms with E-state index in [-0.39, 0.29) is 30.3 Å². The minimum atomic E-state index is -0.515. The standard InChI is InChI=1S/C29H24F2N2O2/c1-20-5-2-9-26(15-20)32-28(34)17-22-6-3-10-27(16-22)33(19-21-11-13-24(30)14-12-21)29(35)23-7-4-8-25(31)18-23/h2-16,18H,17,19H2,1H3,(H,32,34). The Morgan fingerprint density at radius 1 is 0.771 bits per heavy atom. The van der Waals surface area contributed by atoms with Gasteiger partial charge in [0.1, 0.15) is 11.6 Å². The van der Waals surface area contributed by atoms with Crippen molar-refractivity contribution in [3.63, 3.8) is 0 Å². The van der Waals surface area contributed by atoms with E-state index in [0.29, 0.717) is 22.5 Å². The number of carbonyl (C=O) groups is 2. The van der Waals surface area contributed by atoms with Crippen molar-refractivity contribution < 1.29 is 18.4 Å². The van der Waals surface area contributed by atoms with Gasteiger partial charge in [-0.05, 0) is 78.2 Å². The highest BCUT2D eigenvalue weighted by atomic mass is 19.1. The number of nitrogens with zero attached hydrogens (tertiary/aromatic N) is 1. The van der Waals surface area contributed by atoms with Crippen LogP contribution in [0.3, 0.4) is 0 Å². The van der Waals surface area contributed by atoms with E-state index in [1.54, 1.807) is 36.4 Å². The number of hydrogen-bond donors (Lipinski definition) is 1. The van der Waals surface area contributed by atoms with Gasteiger partial charge in [-0.3, -0.25) is 9.59 Å². The van der Waals surface area contributed by atoms with Crippen molar-refractivity contribution in [3.8, 4) is 0 Å². The zero-order chi connectivity index (χ0) is 24.8. The summed E-state index contributed by atoms with van der Waals surface area (Å²) in [7, 11) is 0. The largest absolute Gasteiger partial charge is 0.326 e. The fourth-order valence-corrected chi connectivity index (χ4v) is 3.78. The van der Waals surface area contributed by atoms with Crippen molar-refractivity contribution in [1.82, 2.24) is 0 Å². The minimum absolute atomic E-state index is 0.111. The Morgan fingerprint density at radius 3 is 2.26 bits per heavy atom. The molecule has 0 saturated carbocycles. The second-order valence-electron chi connectivity index (χ2n) is 8.29. The van der Waals surface area contributed by atoms with Gasteiger partial charge in [-0.1, -0.05) is 42.5 Å². The normalized spacial score (nSPS) is 10.6. The van der Waals surface area contributed by atoms with Crippen LogP contribution in [0.15, 0.2) is 97.1 Å². The van der Waals surface area contributed by atoms with Gasteiger partial charge in [0.05, 0.1) is 13.0 Å². The summed E-state index contributed by atoms with van der Waals surface area (Å²) in [5.74, 6) is -1.48. The van der Waals surface area contributed by atoms with Gasteiger partial charge in [0.2, 0.25) is 5.91 Å². The van der Waals surface area contributed by atoms with Crippen molar-refractivity contribution in [2.75, 3.05) is 10.2 Å². The van der Waals surface area contributed by atoms with E-state index in [1.807, 2.05) is 37.3 Å². The highest BCUT2D eigenvalue weighted by Crippen LogP contribution is 2.23. The molecule has 0 atom stereocenters. The van der Waals surface area contributed by atoms with Crippen LogP contribution in [0.2, 0.25) is 0 Å². The molecule has 0 aliphatic rings. The fraction of sp³-hybridized carbons (Fsp3) is 0.103. The molecular formula is C29H24F2N2O2. The van der Waals surface area contributed by atoms with E-state index in [1.165, 1.54) is 35.2 Å². The molecule has 6 heteroatoms. The van der Waals surface area contributed by atoms with Crippen molar-refractivity contribution in [3.05, 3.63) is 131 Å². The number of carbonyl (C=O) groups excluding carboxylic acids is 2. The van der Waals surface area contributed by atoms with Crippen molar-refractivity contribution in [2.45, 2.75) is 19.9 Å². The highest BCUT2D eigenvalue weighted by molar-refractivity contribution is 6.06. The van der Waals surface area contributed by atoms with Gasteiger partial charge in [-0.2, -0.15) is 0 Å². The molecule has 4 aromatic rings. The second-order valence-corrected chi connectivity index (χ2v) is 8.29. The third-order valence-electron chi connectivity index (χ3n) is 5.46. The summed E-state index contributed by atoms with van der Waals surface area (Å²) in [6, 6.07) is 25.9. The van der Waals surface area contributed by atoms with Gasteiger partial charge in [0, 0.05) is 16.9 Å². The lowest BCUT2D eigenvalue weighted by Crippen LogP contribution is -2.30. The Balaban J connectivity index is 1.60. The number of amides is 2. The van der Waals surface area contributed by atoms with Gasteiger partial charge in [-0.15, -0.1) is 0 Å². The minimum Gasteiger partial charge on any atom is -0.326 e. The van der Waals surface area contributed by atoms with Crippen molar-refractivity contribution >= 4 is 23.2 Å². The summed E-state index contributed by atoms with van der Waals surface area (Å²) in [6.45, 7) is 2.10. The zero-order valence-electron chi connectivity index (χ0n) is 19.2. The molecule has 4 aromatic carbocycles. The Labute approximate surface area is 202 Å². The summed E-state index contributed by atoms with van der Waals surface area (Å²) in [5, 5.41) is 2.88. The summed E-state index contributed by atoms with van der Waals surface area (Å²) in [5.41, 5.74) is 3.91. The Kier molecular flexibility index (Phi) is 7.31. The number of halogens is 2. The molecule has 0 heterocycles. The van der Waals surface area contributed by atoms with Crippen molar-refractivity contribution in [2.24, 2.45) is 0 Å². The molecule has 4 nitrogen and oxygen atoms in total. The van der Waals surface area contributed by atoms with Gasteiger partial charge < -0.3 is 10.2 Å². The van der Waals surface area contributed by atoms with Crippen LogP contribution < -0.4 is 10.2 Å². The third-order valence-corrected chi connectivity index (χ3v) is 5.46. The van der Waals surface area contributed by atoms with Crippen LogP contribution in [0.25, 0.3) is 0 Å². The lowest BCUT2D eigenvalue weighted by Gasteiger charge is -2.24. The van der Waals surface area contributed by atoms with Gasteiger partial charge >= 0.3 is 0 Å². The van der Waals surface area contributed by atoms with E-state index in [0.717, 1.165) is 5.56 Å². The molecule has 0 aliphatic heterocycles. The van der Waals surface area contributed by atoms with Crippen LogP contribution in [0.1, 0.15) is 27.0 Å². The fourth-order valence-electron chi connectivity index (χ4n) is 3.78. The average Bonchev–Trinajstić information content (AvgIpc) is 2.83. The first-order valence-corrected chi connectivity index (χ1v) is 11.1. The molecule has 176 valence electrons. The van der Waals surface area contributed by atoms with Gasteiger partial charge in [0.25, 0.3) is 5.91 Å². The van der Waals surface area contributed by atoms with Gasteiger partial charge in [-0.25, -0.2) is 8.78 Å². The topological polar surface area (TPSA) is 49.4 Å². The van der Waals surface area contributed by atoms with Crippen LogP contribution in [0, 0.1) is 18.6 Å². The number of hydrogen-bond acceptors (Lipinski definition) is 2. The van der Waals surface area contributed by atoms with Crippen molar-refractivity contribution in [1.29, 1.82) is 0 Å². The molecule has 0 fully saturated rings. The SMILES string of the molecule is Cc1cccc(NC(=O)Cc2cccc(N(Cc3ccc(F)cc3)C(=O)c3cccc(F)c3)c2)c1. The molecule has 2 amide bonds.